The number of allylic oxidation sites excluding steroid dienone is 1. The van der Waals surface area contributed by atoms with Crippen LogP contribution in [-0.2, 0) is 14.3 Å². The Labute approximate surface area is 246 Å². The molecule has 0 saturated heterocycles. The summed E-state index contributed by atoms with van der Waals surface area (Å²) in [7, 11) is 1.33. The maximum atomic E-state index is 13.9. The van der Waals surface area contributed by atoms with Gasteiger partial charge in [-0.15, -0.1) is 0 Å². The molecule has 0 fully saturated rings. The quantitative estimate of drug-likeness (QED) is 0.277. The van der Waals surface area contributed by atoms with Crippen molar-refractivity contribution in [2.75, 3.05) is 13.7 Å². The lowest BCUT2D eigenvalue weighted by atomic mass is 9.96. The van der Waals surface area contributed by atoms with Crippen molar-refractivity contribution >= 4 is 29.4 Å². The fourth-order valence-corrected chi connectivity index (χ4v) is 5.74. The number of benzene rings is 2. The number of esters is 2. The normalized spacial score (nSPS) is 14.9. The monoisotopic (exact) mass is 586 g/mol. The van der Waals surface area contributed by atoms with Gasteiger partial charge in [-0.3, -0.25) is 9.36 Å². The molecule has 42 heavy (non-hydrogen) atoms. The van der Waals surface area contributed by atoms with Crippen molar-refractivity contribution in [2.24, 2.45) is 4.99 Å². The van der Waals surface area contributed by atoms with Crippen molar-refractivity contribution in [3.8, 4) is 17.1 Å². The summed E-state index contributed by atoms with van der Waals surface area (Å²) in [6, 6.07) is 17.0. The lowest BCUT2D eigenvalue weighted by molar-refractivity contribution is -0.139. The summed E-state index contributed by atoms with van der Waals surface area (Å²) >= 11 is 1.22. The number of fused-ring (bicyclic) bond motifs is 1. The molecule has 0 aliphatic carbocycles. The zero-order valence-electron chi connectivity index (χ0n) is 23.9. The van der Waals surface area contributed by atoms with Crippen LogP contribution in [0.5, 0.6) is 5.75 Å². The number of methoxy groups -OCH3 is 1. The highest BCUT2D eigenvalue weighted by Crippen LogP contribution is 2.32. The van der Waals surface area contributed by atoms with Crippen molar-refractivity contribution in [3.63, 3.8) is 0 Å². The number of hydrogen-bond acceptors (Lipinski definition) is 9. The molecule has 4 aromatic rings. The Kier molecular flexibility index (Phi) is 8.26. The van der Waals surface area contributed by atoms with Crippen LogP contribution in [0.3, 0.4) is 0 Å². The lowest BCUT2D eigenvalue weighted by Gasteiger charge is -2.25. The van der Waals surface area contributed by atoms with Crippen molar-refractivity contribution in [3.05, 3.63) is 109 Å². The smallest absolute Gasteiger partial charge is 0.338 e. The lowest BCUT2D eigenvalue weighted by Crippen LogP contribution is -2.39. The number of hydrogen-bond donors (Lipinski definition) is 0. The number of carbonyl (C=O) groups is 2. The number of furan rings is 1. The summed E-state index contributed by atoms with van der Waals surface area (Å²) in [5.74, 6) is 0.798. The van der Waals surface area contributed by atoms with E-state index in [9.17, 15) is 14.4 Å². The summed E-state index contributed by atoms with van der Waals surface area (Å²) in [6.45, 7) is 7.57. The van der Waals surface area contributed by atoms with Crippen molar-refractivity contribution in [1.82, 2.24) is 4.57 Å². The third kappa shape index (κ3) is 5.71. The molecule has 1 aliphatic heterocycles. The van der Waals surface area contributed by atoms with Gasteiger partial charge in [-0.1, -0.05) is 35.6 Å². The van der Waals surface area contributed by atoms with E-state index in [0.717, 1.165) is 11.1 Å². The molecule has 0 spiro atoms. The maximum absolute atomic E-state index is 13.9. The van der Waals surface area contributed by atoms with Crippen LogP contribution in [0.4, 0.5) is 0 Å². The van der Waals surface area contributed by atoms with Crippen molar-refractivity contribution in [1.29, 1.82) is 0 Å². The van der Waals surface area contributed by atoms with Gasteiger partial charge in [-0.05, 0) is 69.7 Å². The molecule has 3 heterocycles. The first-order chi connectivity index (χ1) is 20.2. The van der Waals surface area contributed by atoms with Gasteiger partial charge < -0.3 is 18.6 Å². The van der Waals surface area contributed by atoms with E-state index in [1.54, 1.807) is 56.3 Å². The standard InChI is InChI=1S/C32H30N2O7S/c1-6-39-31(37)27-19(4)33-32-34(28(27)21-11-13-23(14-12-21)40-18(2)3)29(35)26(42-32)17-24-15-16-25(41-24)20-7-9-22(10-8-20)30(36)38-5/h7-18,28H,6H2,1-5H3/b26-17-/t28-/m0/s1. The number of aromatic nitrogens is 1. The second kappa shape index (κ2) is 12.0. The van der Waals surface area contributed by atoms with Gasteiger partial charge in [-0.25, -0.2) is 14.6 Å². The summed E-state index contributed by atoms with van der Waals surface area (Å²) in [6.07, 6.45) is 1.67. The predicted octanol–water partition coefficient (Wildman–Crippen LogP) is 4.63. The van der Waals surface area contributed by atoms with Crippen LogP contribution in [-0.4, -0.2) is 36.3 Å². The molecule has 1 atom stereocenters. The van der Waals surface area contributed by atoms with Crippen LogP contribution >= 0.6 is 11.3 Å². The van der Waals surface area contributed by atoms with Gasteiger partial charge in [0, 0.05) is 11.6 Å². The topological polar surface area (TPSA) is 109 Å². The number of carbonyl (C=O) groups excluding carboxylic acids is 2. The second-order valence-electron chi connectivity index (χ2n) is 9.81. The van der Waals surface area contributed by atoms with Gasteiger partial charge >= 0.3 is 11.9 Å². The Morgan fingerprint density at radius 1 is 1.05 bits per heavy atom. The van der Waals surface area contributed by atoms with Gasteiger partial charge in [0.05, 0.1) is 47.2 Å². The van der Waals surface area contributed by atoms with Gasteiger partial charge in [-0.2, -0.15) is 0 Å². The van der Waals surface area contributed by atoms with E-state index in [2.05, 4.69) is 4.99 Å². The highest BCUT2D eigenvalue weighted by Gasteiger charge is 2.33. The minimum Gasteiger partial charge on any atom is -0.491 e. The molecular formula is C32H30N2O7S. The molecule has 10 heteroatoms. The van der Waals surface area contributed by atoms with E-state index in [1.807, 2.05) is 38.1 Å². The molecule has 0 amide bonds. The summed E-state index contributed by atoms with van der Waals surface area (Å²) in [5.41, 5.74) is 2.42. The van der Waals surface area contributed by atoms with Crippen LogP contribution in [0.15, 0.2) is 86.1 Å². The van der Waals surface area contributed by atoms with Crippen LogP contribution in [0.1, 0.15) is 55.4 Å². The molecule has 0 bridgehead atoms. The van der Waals surface area contributed by atoms with Crippen LogP contribution in [0.2, 0.25) is 0 Å². The van der Waals surface area contributed by atoms with E-state index in [1.165, 1.54) is 23.0 Å². The predicted molar refractivity (Wildman–Crippen MR) is 158 cm³/mol. The number of rotatable bonds is 8. The molecular weight excluding hydrogens is 556 g/mol. The largest absolute Gasteiger partial charge is 0.491 e. The Morgan fingerprint density at radius 2 is 1.76 bits per heavy atom. The van der Waals surface area contributed by atoms with E-state index < -0.39 is 18.0 Å². The third-order valence-corrected chi connectivity index (χ3v) is 7.56. The van der Waals surface area contributed by atoms with Crippen LogP contribution < -0.4 is 19.6 Å². The molecule has 1 aliphatic rings. The molecule has 2 aromatic heterocycles. The summed E-state index contributed by atoms with van der Waals surface area (Å²) < 4.78 is 23.8. The first-order valence-electron chi connectivity index (χ1n) is 13.4. The molecule has 0 unspecified atom stereocenters. The molecule has 0 saturated carbocycles. The molecule has 2 aromatic carbocycles. The van der Waals surface area contributed by atoms with E-state index in [0.29, 0.717) is 43.4 Å². The second-order valence-corrected chi connectivity index (χ2v) is 10.8. The third-order valence-electron chi connectivity index (χ3n) is 6.58. The van der Waals surface area contributed by atoms with E-state index in [-0.39, 0.29) is 18.3 Å². The SMILES string of the molecule is CCOC(=O)C1=C(C)N=c2s/c(=C\c3ccc(-c4ccc(C(=O)OC)cc4)o3)c(=O)n2[C@H]1c1ccc(OC(C)C)cc1. The first kappa shape index (κ1) is 28.8. The Hall–Kier alpha value is -4.70. The Bertz CT molecular complexity index is 1840. The summed E-state index contributed by atoms with van der Waals surface area (Å²) in [5, 5.41) is 0. The minimum atomic E-state index is -0.726. The highest BCUT2D eigenvalue weighted by atomic mass is 32.1. The fourth-order valence-electron chi connectivity index (χ4n) is 4.71. The zero-order chi connectivity index (χ0) is 30.0. The van der Waals surface area contributed by atoms with Crippen LogP contribution in [0.25, 0.3) is 17.4 Å². The van der Waals surface area contributed by atoms with Gasteiger partial charge in [0.2, 0.25) is 0 Å². The molecule has 5 rings (SSSR count). The van der Waals surface area contributed by atoms with E-state index >= 15 is 0 Å². The van der Waals surface area contributed by atoms with Crippen molar-refractivity contribution < 1.29 is 28.2 Å². The van der Waals surface area contributed by atoms with Gasteiger partial charge in [0.15, 0.2) is 4.80 Å². The number of thiazole rings is 1. The number of ether oxygens (including phenoxy) is 3. The fraction of sp³-hybridized carbons (Fsp3) is 0.250. The number of nitrogens with zero attached hydrogens (tertiary/aromatic N) is 2. The Morgan fingerprint density at radius 3 is 2.40 bits per heavy atom. The average Bonchev–Trinajstić information content (AvgIpc) is 3.56. The average molecular weight is 587 g/mol. The zero-order valence-corrected chi connectivity index (χ0v) is 24.7. The van der Waals surface area contributed by atoms with Gasteiger partial charge in [0.25, 0.3) is 5.56 Å². The Balaban J connectivity index is 1.55. The highest BCUT2D eigenvalue weighted by molar-refractivity contribution is 7.07. The maximum Gasteiger partial charge on any atom is 0.338 e. The van der Waals surface area contributed by atoms with Crippen molar-refractivity contribution in [2.45, 2.75) is 39.8 Å². The minimum absolute atomic E-state index is 0.00657. The molecule has 216 valence electrons. The van der Waals surface area contributed by atoms with Gasteiger partial charge in [0.1, 0.15) is 17.3 Å². The first-order valence-corrected chi connectivity index (χ1v) is 14.3. The molecule has 9 nitrogen and oxygen atoms in total. The molecule has 0 N–H and O–H groups in total. The molecule has 0 radical (unpaired) electrons. The van der Waals surface area contributed by atoms with Crippen LogP contribution in [0, 0.1) is 0 Å². The van der Waals surface area contributed by atoms with E-state index in [4.69, 9.17) is 18.6 Å². The summed E-state index contributed by atoms with van der Waals surface area (Å²) in [4.78, 5) is 43.8.